The first-order chi connectivity index (χ1) is 12.6. The summed E-state index contributed by atoms with van der Waals surface area (Å²) in [6, 6.07) is 5.77. The zero-order valence-corrected chi connectivity index (χ0v) is 16.9. The minimum Gasteiger partial charge on any atom is -0.465 e. The van der Waals surface area contributed by atoms with Crippen molar-refractivity contribution >= 4 is 28.2 Å². The smallest absolute Gasteiger partial charge is 0.341 e. The van der Waals surface area contributed by atoms with Gasteiger partial charge in [0.15, 0.2) is 0 Å². The number of fused-ring (bicyclic) bond motifs is 1. The van der Waals surface area contributed by atoms with Crippen molar-refractivity contribution < 1.29 is 24.0 Å². The number of anilines is 1. The molecule has 3 rings (SSSR count). The fourth-order valence-corrected chi connectivity index (χ4v) is 5.20. The first kappa shape index (κ1) is 19.5. The SMILES string of the molecule is COC(=O)c1c(NC(=O)c2ccccc2F)sc2c1CC(C)(C)[NH2+]C2(C)C. The van der Waals surface area contributed by atoms with Gasteiger partial charge >= 0.3 is 5.97 Å². The van der Waals surface area contributed by atoms with E-state index in [1.807, 2.05) is 0 Å². The Bertz CT molecular complexity index is 918. The topological polar surface area (TPSA) is 72.0 Å². The average molecular weight is 391 g/mol. The molecule has 0 radical (unpaired) electrons. The highest BCUT2D eigenvalue weighted by atomic mass is 32.1. The van der Waals surface area contributed by atoms with Crippen molar-refractivity contribution in [3.05, 3.63) is 51.7 Å². The largest absolute Gasteiger partial charge is 0.465 e. The molecule has 0 saturated carbocycles. The molecule has 144 valence electrons. The normalized spacial score (nSPS) is 17.1. The number of hydrogen-bond acceptors (Lipinski definition) is 4. The van der Waals surface area contributed by atoms with E-state index < -0.39 is 17.7 Å². The summed E-state index contributed by atoms with van der Waals surface area (Å²) >= 11 is 1.36. The third-order valence-electron chi connectivity index (χ3n) is 4.71. The fraction of sp³-hybridized carbons (Fsp3) is 0.400. The number of carbonyl (C=O) groups excluding carboxylic acids is 2. The standard InChI is InChI=1S/C20H23FN2O3S/c1-19(2)10-12-14(18(25)26-5)17(27-15(12)20(3,4)23-19)22-16(24)11-8-6-7-9-13(11)21/h6-9,23H,10H2,1-5H3,(H,22,24)/p+1. The molecule has 0 fully saturated rings. The molecule has 0 spiro atoms. The number of halogens is 1. The van der Waals surface area contributed by atoms with Gasteiger partial charge in [0.05, 0.1) is 28.7 Å². The second kappa shape index (κ2) is 6.73. The Kier molecular flexibility index (Phi) is 4.86. The number of quaternary nitrogens is 1. The summed E-state index contributed by atoms with van der Waals surface area (Å²) < 4.78 is 18.9. The predicted octanol–water partition coefficient (Wildman–Crippen LogP) is 3.06. The minimum absolute atomic E-state index is 0.0640. The molecule has 0 saturated heterocycles. The Labute approximate surface area is 161 Å². The van der Waals surface area contributed by atoms with Crippen molar-refractivity contribution in [3.8, 4) is 0 Å². The van der Waals surface area contributed by atoms with E-state index in [0.717, 1.165) is 10.4 Å². The predicted molar refractivity (Wildman–Crippen MR) is 103 cm³/mol. The van der Waals surface area contributed by atoms with Gasteiger partial charge in [-0.2, -0.15) is 0 Å². The van der Waals surface area contributed by atoms with E-state index >= 15 is 0 Å². The molecule has 27 heavy (non-hydrogen) atoms. The van der Waals surface area contributed by atoms with Gasteiger partial charge in [-0.15, -0.1) is 11.3 Å². The van der Waals surface area contributed by atoms with Crippen LogP contribution in [0.4, 0.5) is 9.39 Å². The zero-order chi connectivity index (χ0) is 20.0. The molecular formula is C20H24FN2O3S+. The summed E-state index contributed by atoms with van der Waals surface area (Å²) in [4.78, 5) is 26.1. The summed E-state index contributed by atoms with van der Waals surface area (Å²) in [6.45, 7) is 8.42. The number of carbonyl (C=O) groups is 2. The van der Waals surface area contributed by atoms with Gasteiger partial charge in [0.25, 0.3) is 5.91 Å². The highest BCUT2D eigenvalue weighted by molar-refractivity contribution is 7.17. The number of rotatable bonds is 3. The quantitative estimate of drug-likeness (QED) is 0.790. The average Bonchev–Trinajstić information content (AvgIpc) is 2.91. The summed E-state index contributed by atoms with van der Waals surface area (Å²) in [6.07, 6.45) is 0.669. The lowest BCUT2D eigenvalue weighted by atomic mass is 9.81. The van der Waals surface area contributed by atoms with Crippen molar-refractivity contribution in [2.75, 3.05) is 12.4 Å². The number of esters is 1. The van der Waals surface area contributed by atoms with Gasteiger partial charge in [-0.3, -0.25) is 4.79 Å². The van der Waals surface area contributed by atoms with Gasteiger partial charge in [0.2, 0.25) is 0 Å². The molecule has 1 aliphatic heterocycles. The van der Waals surface area contributed by atoms with Crippen LogP contribution in [0, 0.1) is 5.82 Å². The lowest BCUT2D eigenvalue weighted by Crippen LogP contribution is -3.03. The van der Waals surface area contributed by atoms with Crippen LogP contribution in [-0.4, -0.2) is 24.5 Å². The van der Waals surface area contributed by atoms with Gasteiger partial charge in [0.1, 0.15) is 16.4 Å². The molecule has 3 N–H and O–H groups in total. The van der Waals surface area contributed by atoms with Crippen molar-refractivity contribution in [2.24, 2.45) is 0 Å². The van der Waals surface area contributed by atoms with Crippen LogP contribution in [0.3, 0.4) is 0 Å². The Hall–Kier alpha value is -2.25. The zero-order valence-electron chi connectivity index (χ0n) is 16.1. The summed E-state index contributed by atoms with van der Waals surface area (Å²) in [5.41, 5.74) is 0.842. The van der Waals surface area contributed by atoms with Crippen LogP contribution in [0.25, 0.3) is 0 Å². The molecule has 2 heterocycles. The van der Waals surface area contributed by atoms with Crippen LogP contribution in [0.5, 0.6) is 0 Å². The lowest BCUT2D eigenvalue weighted by molar-refractivity contribution is -0.789. The van der Waals surface area contributed by atoms with E-state index in [0.29, 0.717) is 17.0 Å². The highest BCUT2D eigenvalue weighted by Crippen LogP contribution is 2.42. The Morgan fingerprint density at radius 3 is 2.52 bits per heavy atom. The van der Waals surface area contributed by atoms with Crippen LogP contribution in [-0.2, 0) is 16.7 Å². The minimum atomic E-state index is -0.606. The van der Waals surface area contributed by atoms with Crippen LogP contribution < -0.4 is 10.6 Å². The first-order valence-electron chi connectivity index (χ1n) is 8.73. The van der Waals surface area contributed by atoms with E-state index in [2.05, 4.69) is 38.3 Å². The van der Waals surface area contributed by atoms with Crippen LogP contribution in [0.2, 0.25) is 0 Å². The molecule has 1 amide bonds. The number of ether oxygens (including phenoxy) is 1. The van der Waals surface area contributed by atoms with Gasteiger partial charge in [-0.25, -0.2) is 9.18 Å². The molecule has 7 heteroatoms. The van der Waals surface area contributed by atoms with Gasteiger partial charge in [-0.05, 0) is 45.4 Å². The molecule has 0 aliphatic carbocycles. The van der Waals surface area contributed by atoms with Crippen molar-refractivity contribution in [3.63, 3.8) is 0 Å². The second-order valence-electron chi connectivity index (χ2n) is 8.07. The van der Waals surface area contributed by atoms with Crippen molar-refractivity contribution in [1.82, 2.24) is 0 Å². The molecule has 0 unspecified atom stereocenters. The maximum atomic E-state index is 14.0. The molecule has 1 aromatic carbocycles. The lowest BCUT2D eigenvalue weighted by Gasteiger charge is -2.38. The van der Waals surface area contributed by atoms with Crippen LogP contribution in [0.15, 0.2) is 24.3 Å². The second-order valence-corrected chi connectivity index (χ2v) is 9.09. The third-order valence-corrected chi connectivity index (χ3v) is 6.20. The van der Waals surface area contributed by atoms with Crippen LogP contribution >= 0.6 is 11.3 Å². The maximum Gasteiger partial charge on any atom is 0.341 e. The fourth-order valence-electron chi connectivity index (χ4n) is 3.93. The number of hydrogen-bond donors (Lipinski definition) is 2. The van der Waals surface area contributed by atoms with E-state index in [1.54, 1.807) is 6.07 Å². The number of amides is 1. The van der Waals surface area contributed by atoms with Gasteiger partial charge < -0.3 is 15.4 Å². The number of nitrogens with one attached hydrogen (secondary N) is 1. The first-order valence-corrected chi connectivity index (χ1v) is 9.55. The van der Waals surface area contributed by atoms with E-state index in [4.69, 9.17) is 4.74 Å². The third kappa shape index (κ3) is 3.61. The van der Waals surface area contributed by atoms with E-state index in [-0.39, 0.29) is 16.6 Å². The van der Waals surface area contributed by atoms with Gasteiger partial charge in [0, 0.05) is 6.42 Å². The Morgan fingerprint density at radius 1 is 1.22 bits per heavy atom. The summed E-state index contributed by atoms with van der Waals surface area (Å²) in [7, 11) is 1.32. The number of benzene rings is 1. The monoisotopic (exact) mass is 391 g/mol. The van der Waals surface area contributed by atoms with Crippen molar-refractivity contribution in [2.45, 2.75) is 45.2 Å². The van der Waals surface area contributed by atoms with E-state index in [1.165, 1.54) is 36.6 Å². The Balaban J connectivity index is 2.09. The van der Waals surface area contributed by atoms with E-state index in [9.17, 15) is 14.0 Å². The molecule has 1 aromatic heterocycles. The van der Waals surface area contributed by atoms with Crippen molar-refractivity contribution in [1.29, 1.82) is 0 Å². The Morgan fingerprint density at radius 2 is 1.89 bits per heavy atom. The summed E-state index contributed by atoms with van der Waals surface area (Å²) in [5.74, 6) is -1.69. The molecule has 0 atom stereocenters. The van der Waals surface area contributed by atoms with Crippen LogP contribution in [0.1, 0.15) is 58.9 Å². The maximum absolute atomic E-state index is 14.0. The number of methoxy groups -OCH3 is 1. The van der Waals surface area contributed by atoms with Gasteiger partial charge in [-0.1, -0.05) is 12.1 Å². The molecule has 1 aliphatic rings. The summed E-state index contributed by atoms with van der Waals surface area (Å²) in [5, 5.41) is 5.40. The molecule has 5 nitrogen and oxygen atoms in total. The molecule has 0 bridgehead atoms. The number of thiophene rings is 1. The number of nitrogens with two attached hydrogens (primary N) is 1. The highest BCUT2D eigenvalue weighted by Gasteiger charge is 2.45. The molecular weight excluding hydrogens is 367 g/mol. The molecule has 2 aromatic rings.